The molecule has 0 atom stereocenters. The van der Waals surface area contributed by atoms with E-state index >= 15 is 0 Å². The van der Waals surface area contributed by atoms with Gasteiger partial charge in [-0.05, 0) is 5.92 Å². The van der Waals surface area contributed by atoms with Gasteiger partial charge in [-0.2, -0.15) is 0 Å². The third kappa shape index (κ3) is 6.06. The second-order valence-electron chi connectivity index (χ2n) is 4.15. The van der Waals surface area contributed by atoms with Crippen molar-refractivity contribution in [3.8, 4) is 0 Å². The molecule has 0 rings (SSSR count). The summed E-state index contributed by atoms with van der Waals surface area (Å²) in [6.45, 7) is 4.90. The fraction of sp³-hybridized carbons (Fsp3) is 1.00. The Morgan fingerprint density at radius 3 is 2.07 bits per heavy atom. The second kappa shape index (κ2) is 8.01. The molecule has 0 aromatic rings. The molecule has 0 aliphatic carbocycles. The molecule has 0 amide bonds. The SMILES string of the molecule is CC(C)COCCNC(CO)(CO)CO. The molecule has 5 nitrogen and oxygen atoms in total. The molecule has 0 heterocycles. The summed E-state index contributed by atoms with van der Waals surface area (Å²) in [6.07, 6.45) is 0. The normalized spacial score (nSPS) is 12.4. The smallest absolute Gasteiger partial charge is 0.0882 e. The molecule has 0 saturated carbocycles. The number of hydrogen-bond donors (Lipinski definition) is 4. The first-order chi connectivity index (χ1) is 7.10. The Labute approximate surface area is 91.1 Å². The molecule has 5 heteroatoms. The van der Waals surface area contributed by atoms with Gasteiger partial charge in [-0.1, -0.05) is 13.8 Å². The first kappa shape index (κ1) is 14.8. The van der Waals surface area contributed by atoms with Crippen LogP contribution in [0, 0.1) is 5.92 Å². The summed E-state index contributed by atoms with van der Waals surface area (Å²) in [4.78, 5) is 0. The van der Waals surface area contributed by atoms with E-state index < -0.39 is 5.54 Å². The highest BCUT2D eigenvalue weighted by molar-refractivity contribution is 4.85. The summed E-state index contributed by atoms with van der Waals surface area (Å²) in [7, 11) is 0. The van der Waals surface area contributed by atoms with E-state index in [2.05, 4.69) is 19.2 Å². The predicted octanol–water partition coefficient (Wildman–Crippen LogP) is -1.04. The molecule has 0 aromatic carbocycles. The third-order valence-electron chi connectivity index (χ3n) is 2.11. The van der Waals surface area contributed by atoms with Gasteiger partial charge in [0.15, 0.2) is 0 Å². The van der Waals surface area contributed by atoms with E-state index in [-0.39, 0.29) is 19.8 Å². The van der Waals surface area contributed by atoms with Crippen molar-refractivity contribution in [3.63, 3.8) is 0 Å². The number of ether oxygens (including phenoxy) is 1. The quantitative estimate of drug-likeness (QED) is 0.374. The van der Waals surface area contributed by atoms with Gasteiger partial charge in [0.25, 0.3) is 0 Å². The van der Waals surface area contributed by atoms with E-state index in [1.165, 1.54) is 0 Å². The summed E-state index contributed by atoms with van der Waals surface area (Å²) in [5.74, 6) is 0.489. The van der Waals surface area contributed by atoms with Crippen LogP contribution in [-0.2, 0) is 4.74 Å². The Hall–Kier alpha value is -0.200. The highest BCUT2D eigenvalue weighted by Gasteiger charge is 2.26. The Morgan fingerprint density at radius 2 is 1.67 bits per heavy atom. The zero-order chi connectivity index (χ0) is 11.7. The van der Waals surface area contributed by atoms with Gasteiger partial charge in [0, 0.05) is 13.2 Å². The lowest BCUT2D eigenvalue weighted by Crippen LogP contribution is -2.55. The molecular formula is C10H23NO4. The van der Waals surface area contributed by atoms with Crippen LogP contribution in [0.15, 0.2) is 0 Å². The zero-order valence-corrected chi connectivity index (χ0v) is 9.57. The maximum atomic E-state index is 9.00. The van der Waals surface area contributed by atoms with Crippen molar-refractivity contribution in [1.29, 1.82) is 0 Å². The maximum absolute atomic E-state index is 9.00. The van der Waals surface area contributed by atoms with Crippen LogP contribution >= 0.6 is 0 Å². The Morgan fingerprint density at radius 1 is 1.13 bits per heavy atom. The van der Waals surface area contributed by atoms with Crippen LogP contribution in [-0.4, -0.2) is 60.4 Å². The third-order valence-corrected chi connectivity index (χ3v) is 2.11. The molecule has 0 bridgehead atoms. The van der Waals surface area contributed by atoms with E-state index in [4.69, 9.17) is 20.1 Å². The van der Waals surface area contributed by atoms with Crippen molar-refractivity contribution in [3.05, 3.63) is 0 Å². The number of nitrogens with one attached hydrogen (secondary N) is 1. The lowest BCUT2D eigenvalue weighted by molar-refractivity contribution is 0.0327. The molecule has 0 spiro atoms. The highest BCUT2D eigenvalue weighted by atomic mass is 16.5. The van der Waals surface area contributed by atoms with E-state index in [0.717, 1.165) is 0 Å². The molecule has 0 aromatic heterocycles. The Balaban J connectivity index is 3.63. The molecule has 0 saturated heterocycles. The lowest BCUT2D eigenvalue weighted by Gasteiger charge is -2.28. The van der Waals surface area contributed by atoms with Crippen molar-refractivity contribution in [1.82, 2.24) is 5.32 Å². The van der Waals surface area contributed by atoms with Crippen LogP contribution in [0.5, 0.6) is 0 Å². The Bertz CT molecular complexity index is 140. The zero-order valence-electron chi connectivity index (χ0n) is 9.57. The average molecular weight is 221 g/mol. The highest BCUT2D eigenvalue weighted by Crippen LogP contribution is 2.00. The van der Waals surface area contributed by atoms with Gasteiger partial charge in [-0.25, -0.2) is 0 Å². The van der Waals surface area contributed by atoms with Gasteiger partial charge in [0.2, 0.25) is 0 Å². The van der Waals surface area contributed by atoms with Crippen LogP contribution in [0.1, 0.15) is 13.8 Å². The molecule has 0 radical (unpaired) electrons. The lowest BCUT2D eigenvalue weighted by atomic mass is 10.0. The maximum Gasteiger partial charge on any atom is 0.0882 e. The number of aliphatic hydroxyl groups is 3. The number of hydrogen-bond acceptors (Lipinski definition) is 5. The molecule has 4 N–H and O–H groups in total. The number of rotatable bonds is 9. The summed E-state index contributed by atoms with van der Waals surface area (Å²) in [5.41, 5.74) is -0.999. The molecule has 15 heavy (non-hydrogen) atoms. The molecule has 0 fully saturated rings. The van der Waals surface area contributed by atoms with Crippen LogP contribution in [0.25, 0.3) is 0 Å². The summed E-state index contributed by atoms with van der Waals surface area (Å²) in [6, 6.07) is 0. The van der Waals surface area contributed by atoms with Crippen molar-refractivity contribution in [2.24, 2.45) is 5.92 Å². The van der Waals surface area contributed by atoms with Crippen LogP contribution in [0.3, 0.4) is 0 Å². The van der Waals surface area contributed by atoms with Crippen molar-refractivity contribution in [2.75, 3.05) is 39.6 Å². The van der Waals surface area contributed by atoms with Crippen molar-refractivity contribution >= 4 is 0 Å². The topological polar surface area (TPSA) is 82.0 Å². The van der Waals surface area contributed by atoms with Gasteiger partial charge in [-0.15, -0.1) is 0 Å². The monoisotopic (exact) mass is 221 g/mol. The first-order valence-corrected chi connectivity index (χ1v) is 5.25. The van der Waals surface area contributed by atoms with Gasteiger partial charge >= 0.3 is 0 Å². The van der Waals surface area contributed by atoms with E-state index in [0.29, 0.717) is 25.7 Å². The minimum atomic E-state index is -0.999. The fourth-order valence-electron chi connectivity index (χ4n) is 1.03. The minimum absolute atomic E-state index is 0.301. The molecule has 0 aliphatic heterocycles. The van der Waals surface area contributed by atoms with Gasteiger partial charge in [0.05, 0.1) is 32.0 Å². The molecular weight excluding hydrogens is 198 g/mol. The van der Waals surface area contributed by atoms with Crippen molar-refractivity contribution in [2.45, 2.75) is 19.4 Å². The molecule has 92 valence electrons. The van der Waals surface area contributed by atoms with Crippen molar-refractivity contribution < 1.29 is 20.1 Å². The van der Waals surface area contributed by atoms with Crippen LogP contribution < -0.4 is 5.32 Å². The van der Waals surface area contributed by atoms with Gasteiger partial charge in [0.1, 0.15) is 0 Å². The summed E-state index contributed by atoms with van der Waals surface area (Å²) in [5, 5.41) is 29.9. The van der Waals surface area contributed by atoms with E-state index in [1.54, 1.807) is 0 Å². The van der Waals surface area contributed by atoms with Gasteiger partial charge in [-0.3, -0.25) is 0 Å². The van der Waals surface area contributed by atoms with E-state index in [9.17, 15) is 0 Å². The summed E-state index contributed by atoms with van der Waals surface area (Å²) >= 11 is 0. The minimum Gasteiger partial charge on any atom is -0.394 e. The fourth-order valence-corrected chi connectivity index (χ4v) is 1.03. The van der Waals surface area contributed by atoms with Crippen LogP contribution in [0.2, 0.25) is 0 Å². The van der Waals surface area contributed by atoms with Gasteiger partial charge < -0.3 is 25.4 Å². The van der Waals surface area contributed by atoms with E-state index in [1.807, 2.05) is 0 Å². The molecule has 0 unspecified atom stereocenters. The largest absolute Gasteiger partial charge is 0.394 e. The first-order valence-electron chi connectivity index (χ1n) is 5.25. The molecule has 0 aliphatic rings. The number of aliphatic hydroxyl groups excluding tert-OH is 3. The van der Waals surface area contributed by atoms with Crippen LogP contribution in [0.4, 0.5) is 0 Å². The second-order valence-corrected chi connectivity index (χ2v) is 4.15. The predicted molar refractivity (Wildman–Crippen MR) is 57.6 cm³/mol. The standard InChI is InChI=1S/C10H23NO4/c1-9(2)5-15-4-3-11-10(6-12,7-13)8-14/h9,11-14H,3-8H2,1-2H3. The average Bonchev–Trinajstić information content (AvgIpc) is 2.24. The Kier molecular flexibility index (Phi) is 7.90. The summed E-state index contributed by atoms with van der Waals surface area (Å²) < 4.78 is 5.32.